The monoisotopic (exact) mass is 342 g/mol. The fourth-order valence-electron chi connectivity index (χ4n) is 2.55. The van der Waals surface area contributed by atoms with Crippen LogP contribution in [0.25, 0.3) is 6.08 Å². The van der Waals surface area contributed by atoms with Crippen molar-refractivity contribution in [2.45, 2.75) is 0 Å². The number of carbonyl (C=O) groups is 2. The number of halogens is 1. The molecule has 2 aliphatic heterocycles. The number of urea groups is 1. The molecule has 2 aromatic carbocycles. The number of nitrogens with one attached hydrogen (secondary N) is 1. The molecule has 2 aliphatic rings. The number of ether oxygens (including phenoxy) is 2. The molecule has 120 valence electrons. The van der Waals surface area contributed by atoms with E-state index >= 15 is 0 Å². The van der Waals surface area contributed by atoms with Gasteiger partial charge >= 0.3 is 6.03 Å². The van der Waals surface area contributed by atoms with E-state index in [-0.39, 0.29) is 12.5 Å². The zero-order chi connectivity index (χ0) is 16.7. The van der Waals surface area contributed by atoms with Gasteiger partial charge in [-0.15, -0.1) is 0 Å². The lowest BCUT2D eigenvalue weighted by Crippen LogP contribution is -2.30. The van der Waals surface area contributed by atoms with Crippen molar-refractivity contribution in [3.05, 3.63) is 58.7 Å². The highest BCUT2D eigenvalue weighted by molar-refractivity contribution is 6.32. The SMILES string of the molecule is O=C1NC(=Cc2ccc3c(c2)OCO3)C(=O)N1c1cccc(Cl)c1. The van der Waals surface area contributed by atoms with Crippen LogP contribution in [0.2, 0.25) is 5.02 Å². The molecule has 1 fully saturated rings. The number of rotatable bonds is 2. The summed E-state index contributed by atoms with van der Waals surface area (Å²) >= 11 is 5.93. The third-order valence-corrected chi connectivity index (χ3v) is 3.89. The number of nitrogens with zero attached hydrogens (tertiary/aromatic N) is 1. The highest BCUT2D eigenvalue weighted by atomic mass is 35.5. The van der Waals surface area contributed by atoms with Crippen LogP contribution in [0.1, 0.15) is 5.56 Å². The van der Waals surface area contributed by atoms with Gasteiger partial charge in [-0.2, -0.15) is 0 Å². The summed E-state index contributed by atoms with van der Waals surface area (Å²) in [5.74, 6) is 0.812. The fourth-order valence-corrected chi connectivity index (χ4v) is 2.74. The summed E-state index contributed by atoms with van der Waals surface area (Å²) in [5.41, 5.74) is 1.31. The van der Waals surface area contributed by atoms with Crippen LogP contribution in [0.4, 0.5) is 10.5 Å². The molecular weight excluding hydrogens is 332 g/mol. The minimum atomic E-state index is -0.519. The second kappa shape index (κ2) is 5.58. The molecule has 6 nitrogen and oxygen atoms in total. The van der Waals surface area contributed by atoms with Crippen molar-refractivity contribution in [2.75, 3.05) is 11.7 Å². The molecule has 0 bridgehead atoms. The van der Waals surface area contributed by atoms with Crippen molar-refractivity contribution in [3.8, 4) is 11.5 Å². The molecule has 0 spiro atoms. The number of benzene rings is 2. The smallest absolute Gasteiger partial charge is 0.333 e. The lowest BCUT2D eigenvalue weighted by molar-refractivity contribution is -0.113. The molecule has 0 aromatic heterocycles. The lowest BCUT2D eigenvalue weighted by Gasteiger charge is -2.11. The summed E-state index contributed by atoms with van der Waals surface area (Å²) in [6.07, 6.45) is 1.59. The number of imide groups is 1. The van der Waals surface area contributed by atoms with Crippen LogP contribution < -0.4 is 19.7 Å². The minimum absolute atomic E-state index is 0.174. The molecule has 2 aromatic rings. The van der Waals surface area contributed by atoms with Gasteiger partial charge in [0.2, 0.25) is 6.79 Å². The molecule has 2 heterocycles. The molecule has 1 N–H and O–H groups in total. The molecule has 24 heavy (non-hydrogen) atoms. The highest BCUT2D eigenvalue weighted by Crippen LogP contribution is 2.33. The molecule has 1 saturated heterocycles. The van der Waals surface area contributed by atoms with Crippen LogP contribution in [0.15, 0.2) is 48.2 Å². The summed E-state index contributed by atoms with van der Waals surface area (Å²) < 4.78 is 10.6. The number of hydrogen-bond acceptors (Lipinski definition) is 4. The first kappa shape index (κ1) is 14.6. The minimum Gasteiger partial charge on any atom is -0.454 e. The molecule has 0 radical (unpaired) electrons. The highest BCUT2D eigenvalue weighted by Gasteiger charge is 2.35. The van der Waals surface area contributed by atoms with E-state index in [9.17, 15) is 9.59 Å². The summed E-state index contributed by atoms with van der Waals surface area (Å²) in [6.45, 7) is 0.174. The van der Waals surface area contributed by atoms with Gasteiger partial charge in [0, 0.05) is 5.02 Å². The molecule has 0 aliphatic carbocycles. The first-order valence-corrected chi connectivity index (χ1v) is 7.52. The number of fused-ring (bicyclic) bond motifs is 1. The van der Waals surface area contributed by atoms with Gasteiger partial charge in [0.05, 0.1) is 5.69 Å². The number of carbonyl (C=O) groups excluding carboxylic acids is 2. The second-order valence-corrected chi connectivity index (χ2v) is 5.66. The van der Waals surface area contributed by atoms with Crippen LogP contribution >= 0.6 is 11.6 Å². The number of hydrogen-bond donors (Lipinski definition) is 1. The van der Waals surface area contributed by atoms with Crippen LogP contribution in [0, 0.1) is 0 Å². The molecule has 0 saturated carbocycles. The van der Waals surface area contributed by atoms with Crippen LogP contribution in [-0.2, 0) is 4.79 Å². The standard InChI is InChI=1S/C17H11ClN2O4/c18-11-2-1-3-12(8-11)20-16(21)13(19-17(20)22)6-10-4-5-14-15(7-10)24-9-23-14/h1-8H,9H2,(H,19,22). The predicted octanol–water partition coefficient (Wildman–Crippen LogP) is 3.17. The average molecular weight is 343 g/mol. The van der Waals surface area contributed by atoms with Gasteiger partial charge in [-0.05, 0) is 42.0 Å². The summed E-state index contributed by atoms with van der Waals surface area (Å²) in [6, 6.07) is 11.3. The quantitative estimate of drug-likeness (QED) is 0.672. The van der Waals surface area contributed by atoms with Gasteiger partial charge in [-0.25, -0.2) is 9.69 Å². The molecule has 0 atom stereocenters. The van der Waals surface area contributed by atoms with Gasteiger partial charge in [0.1, 0.15) is 5.70 Å². The Bertz CT molecular complexity index is 894. The first-order chi connectivity index (χ1) is 11.6. The van der Waals surface area contributed by atoms with E-state index in [4.69, 9.17) is 21.1 Å². The fraction of sp³-hybridized carbons (Fsp3) is 0.0588. The maximum atomic E-state index is 12.5. The third kappa shape index (κ3) is 2.47. The summed E-state index contributed by atoms with van der Waals surface area (Å²) in [4.78, 5) is 25.7. The van der Waals surface area contributed by atoms with E-state index in [1.54, 1.807) is 48.5 Å². The van der Waals surface area contributed by atoms with Crippen molar-refractivity contribution in [1.82, 2.24) is 5.32 Å². The molecule has 3 amide bonds. The van der Waals surface area contributed by atoms with Gasteiger partial charge in [0.25, 0.3) is 5.91 Å². The van der Waals surface area contributed by atoms with Crippen LogP contribution in [0.5, 0.6) is 11.5 Å². The van der Waals surface area contributed by atoms with Gasteiger partial charge in [-0.1, -0.05) is 23.7 Å². The Morgan fingerprint density at radius 1 is 1.08 bits per heavy atom. The van der Waals surface area contributed by atoms with E-state index in [2.05, 4.69) is 5.32 Å². The zero-order valence-corrected chi connectivity index (χ0v) is 13.0. The van der Waals surface area contributed by atoms with E-state index in [1.807, 2.05) is 0 Å². The molecule has 0 unspecified atom stereocenters. The Hall–Kier alpha value is -2.99. The lowest BCUT2D eigenvalue weighted by atomic mass is 10.1. The Morgan fingerprint density at radius 3 is 2.75 bits per heavy atom. The van der Waals surface area contributed by atoms with Gasteiger partial charge in [0.15, 0.2) is 11.5 Å². The van der Waals surface area contributed by atoms with Crippen molar-refractivity contribution >= 4 is 35.3 Å². The van der Waals surface area contributed by atoms with E-state index in [1.165, 1.54) is 0 Å². The van der Waals surface area contributed by atoms with Crippen molar-refractivity contribution in [3.63, 3.8) is 0 Å². The Morgan fingerprint density at radius 2 is 1.92 bits per heavy atom. The number of anilines is 1. The van der Waals surface area contributed by atoms with Crippen LogP contribution in [0.3, 0.4) is 0 Å². The maximum Gasteiger partial charge on any atom is 0.333 e. The van der Waals surface area contributed by atoms with Gasteiger partial charge < -0.3 is 14.8 Å². The van der Waals surface area contributed by atoms with E-state index in [0.717, 1.165) is 10.5 Å². The van der Waals surface area contributed by atoms with Crippen LogP contribution in [-0.4, -0.2) is 18.7 Å². The second-order valence-electron chi connectivity index (χ2n) is 5.22. The summed E-state index contributed by atoms with van der Waals surface area (Å²) in [7, 11) is 0. The molecular formula is C17H11ClN2O4. The third-order valence-electron chi connectivity index (χ3n) is 3.65. The van der Waals surface area contributed by atoms with E-state index in [0.29, 0.717) is 22.2 Å². The molecule has 4 rings (SSSR count). The normalized spacial score (nSPS) is 17.5. The Kier molecular flexibility index (Phi) is 3.39. The Labute approximate surface area is 142 Å². The first-order valence-electron chi connectivity index (χ1n) is 7.14. The van der Waals surface area contributed by atoms with Crippen molar-refractivity contribution < 1.29 is 19.1 Å². The Balaban J connectivity index is 1.66. The van der Waals surface area contributed by atoms with Crippen molar-refractivity contribution in [2.24, 2.45) is 0 Å². The maximum absolute atomic E-state index is 12.5. The largest absolute Gasteiger partial charge is 0.454 e. The summed E-state index contributed by atoms with van der Waals surface area (Å²) in [5, 5.41) is 3.02. The predicted molar refractivity (Wildman–Crippen MR) is 88.0 cm³/mol. The van der Waals surface area contributed by atoms with Crippen molar-refractivity contribution in [1.29, 1.82) is 0 Å². The van der Waals surface area contributed by atoms with Gasteiger partial charge in [-0.3, -0.25) is 4.79 Å². The average Bonchev–Trinajstić information content (AvgIpc) is 3.12. The topological polar surface area (TPSA) is 67.9 Å². The van der Waals surface area contributed by atoms with E-state index < -0.39 is 11.9 Å². The zero-order valence-electron chi connectivity index (χ0n) is 12.3. The molecule has 7 heteroatoms. The number of amides is 3.